The van der Waals surface area contributed by atoms with Crippen LogP contribution in [0.4, 0.5) is 50.5 Å². The average Bonchev–Trinajstić information content (AvgIpc) is 4.17. The van der Waals surface area contributed by atoms with Crippen molar-refractivity contribution in [3.63, 3.8) is 0 Å². The Balaban J connectivity index is 1.15. The van der Waals surface area contributed by atoms with E-state index in [1.807, 2.05) is 17.4 Å². The summed E-state index contributed by atoms with van der Waals surface area (Å²) >= 11 is 0. The molecule has 7 rings (SSSR count). The van der Waals surface area contributed by atoms with Crippen molar-refractivity contribution in [2.75, 3.05) is 44.9 Å². The highest BCUT2D eigenvalue weighted by Crippen LogP contribution is 2.42. The van der Waals surface area contributed by atoms with E-state index in [-0.39, 0.29) is 17.7 Å². The molecule has 6 atom stereocenters. The fourth-order valence-electron chi connectivity index (χ4n) is 9.24. The van der Waals surface area contributed by atoms with Gasteiger partial charge in [0.2, 0.25) is 5.91 Å². The molecule has 77 heavy (non-hydrogen) atoms. The van der Waals surface area contributed by atoms with Crippen LogP contribution in [0.2, 0.25) is 0 Å². The third kappa shape index (κ3) is 13.6. The van der Waals surface area contributed by atoms with Crippen LogP contribution >= 0.6 is 0 Å². The third-order valence-corrected chi connectivity index (χ3v) is 14.2. The second-order valence-electron chi connectivity index (χ2n) is 20.2. The number of hydrogen-bond acceptors (Lipinski definition) is 12. The minimum atomic E-state index is -5.16. The monoisotopic (exact) mass is 1090 g/mol. The molecule has 5 heterocycles. The number of benzene rings is 2. The number of carboxylic acid groups (broad SMARTS) is 1. The normalized spacial score (nSPS) is 18.7. The number of amides is 4. The fourth-order valence-corrected chi connectivity index (χ4v) is 9.24. The van der Waals surface area contributed by atoms with Gasteiger partial charge in [-0.25, -0.2) is 24.3 Å². The van der Waals surface area contributed by atoms with E-state index in [4.69, 9.17) is 4.74 Å². The Morgan fingerprint density at radius 1 is 0.792 bits per heavy atom. The maximum Gasteiger partial charge on any atom is 0.407 e. The molecule has 6 N–H and O–H groups in total. The molecule has 2 aromatic carbocycles. The predicted octanol–water partition coefficient (Wildman–Crippen LogP) is 5.86. The van der Waals surface area contributed by atoms with E-state index in [2.05, 4.69) is 47.2 Å². The summed E-state index contributed by atoms with van der Waals surface area (Å²) in [5.74, 6) is 3.98. The van der Waals surface area contributed by atoms with Gasteiger partial charge >= 0.3 is 31.1 Å². The van der Waals surface area contributed by atoms with Crippen molar-refractivity contribution in [3.05, 3.63) is 101 Å². The standard InChI is InChI=1S/C51H58F8N10O8/c1-48(2,50(54,55)56)41(63-47(75)76-5)43(71)61-38(20-30-9-6-29(7-10-30)8-11-31-14-17-40(60-22-31)68-25-34-21-35(68)24-67(34)36-27-77-28-36)39(70)26-66(65-44(72)42(62-46(73)74)49(3,4)51(57,58)59)23-32-12-15-33(16-13-32)37-18-19-69(64-37)45(52)53/h6-7,9-10,12-19,22,34-36,38-39,41-42,45,62,70H,20-21,23-28H2,1-5H3,(H,61,71)(H,63,75)(H,65,72)(H,73,74)/t34-,35-,38+,39+,41-,42-/m1/s1. The number of nitrogens with zero attached hydrogens (tertiary/aromatic N) is 6. The molecule has 3 fully saturated rings. The number of aliphatic hydroxyl groups is 1. The minimum Gasteiger partial charge on any atom is -0.465 e. The van der Waals surface area contributed by atoms with Crippen molar-refractivity contribution in [2.45, 2.75) is 108 Å². The Hall–Kier alpha value is -7.08. The smallest absolute Gasteiger partial charge is 0.407 e. The second-order valence-corrected chi connectivity index (χ2v) is 20.2. The van der Waals surface area contributed by atoms with Crippen molar-refractivity contribution in [1.82, 2.24) is 46.0 Å². The molecule has 26 heteroatoms. The second kappa shape index (κ2) is 23.3. The molecule has 4 aromatic rings. The van der Waals surface area contributed by atoms with E-state index in [0.717, 1.165) is 56.9 Å². The van der Waals surface area contributed by atoms with Crippen LogP contribution in [0.1, 0.15) is 62.9 Å². The van der Waals surface area contributed by atoms with Gasteiger partial charge in [0.15, 0.2) is 0 Å². The van der Waals surface area contributed by atoms with Gasteiger partial charge < -0.3 is 40.5 Å². The lowest BCUT2D eigenvalue weighted by Gasteiger charge is -2.42. The number of pyridine rings is 1. The summed E-state index contributed by atoms with van der Waals surface area (Å²) < 4.78 is 123. The Morgan fingerprint density at radius 3 is 1.92 bits per heavy atom. The number of carbonyl (C=O) groups excluding carboxylic acids is 3. The Morgan fingerprint density at radius 2 is 1.40 bits per heavy atom. The molecule has 3 aliphatic rings. The van der Waals surface area contributed by atoms with Crippen LogP contribution in [0.5, 0.6) is 0 Å². The minimum absolute atomic E-state index is 0.139. The number of fused-ring (bicyclic) bond motifs is 2. The summed E-state index contributed by atoms with van der Waals surface area (Å²) in [6.45, 7) is 1.60. The van der Waals surface area contributed by atoms with Gasteiger partial charge in [-0.3, -0.25) is 19.9 Å². The highest BCUT2D eigenvalue weighted by Gasteiger charge is 2.57. The van der Waals surface area contributed by atoms with E-state index in [0.29, 0.717) is 72.8 Å². The van der Waals surface area contributed by atoms with Crippen molar-refractivity contribution < 1.29 is 74.0 Å². The third-order valence-electron chi connectivity index (χ3n) is 14.2. The number of halogens is 8. The molecule has 416 valence electrons. The van der Waals surface area contributed by atoms with E-state index in [1.165, 1.54) is 30.3 Å². The number of alkyl carbamates (subject to hydrolysis) is 1. The van der Waals surface area contributed by atoms with Gasteiger partial charge in [0.1, 0.15) is 17.9 Å². The van der Waals surface area contributed by atoms with E-state index in [1.54, 1.807) is 35.8 Å². The Bertz CT molecular complexity index is 2780. The van der Waals surface area contributed by atoms with Crippen LogP contribution in [0, 0.1) is 22.7 Å². The van der Waals surface area contributed by atoms with Crippen molar-refractivity contribution in [3.8, 4) is 23.1 Å². The van der Waals surface area contributed by atoms with Crippen LogP contribution < -0.4 is 26.3 Å². The first-order valence-corrected chi connectivity index (χ1v) is 24.3. The number of nitrogens with one attached hydrogen (secondary N) is 4. The molecule has 4 amide bonds. The highest BCUT2D eigenvalue weighted by atomic mass is 19.4. The zero-order valence-electron chi connectivity index (χ0n) is 42.3. The van der Waals surface area contributed by atoms with E-state index >= 15 is 0 Å². The molecule has 2 bridgehead atoms. The lowest BCUT2D eigenvalue weighted by molar-refractivity contribution is -0.221. The van der Waals surface area contributed by atoms with Gasteiger partial charge in [-0.1, -0.05) is 48.2 Å². The number of ether oxygens (including phenoxy) is 2. The fraction of sp³-hybridized carbons (Fsp3) is 0.490. The van der Waals surface area contributed by atoms with Gasteiger partial charge in [-0.2, -0.15) is 40.2 Å². The zero-order valence-corrected chi connectivity index (χ0v) is 42.3. The number of anilines is 1. The number of alkyl halides is 8. The number of likely N-dealkylation sites (tertiary alicyclic amines) is 1. The molecule has 0 saturated carbocycles. The van der Waals surface area contributed by atoms with Crippen LogP contribution in [0.15, 0.2) is 79.1 Å². The van der Waals surface area contributed by atoms with Crippen LogP contribution in [0.25, 0.3) is 11.3 Å². The number of carbonyl (C=O) groups is 4. The Labute approximate surface area is 437 Å². The molecule has 2 aromatic heterocycles. The molecule has 18 nitrogen and oxygen atoms in total. The van der Waals surface area contributed by atoms with Crippen molar-refractivity contribution in [2.24, 2.45) is 10.8 Å². The molecule has 0 radical (unpaired) electrons. The summed E-state index contributed by atoms with van der Waals surface area (Å²) in [5.41, 5.74) is -1.49. The zero-order chi connectivity index (χ0) is 56.2. The SMILES string of the molecule is COC(=O)N[C@H](C(=O)N[C@@H](Cc1ccc(C#Cc2ccc(N3C[C@H]4C[C@@H]3CN4C3COC3)nc2)cc1)[C@@H](O)CN(Cc1ccc(-c2ccn(C(F)F)n2)cc1)NC(=O)[C@@H](NC(=O)O)C(C)(C)C(F)(F)F)C(C)(C)C(F)(F)F. The van der Waals surface area contributed by atoms with Crippen LogP contribution in [0.3, 0.4) is 0 Å². The van der Waals surface area contributed by atoms with Crippen LogP contribution in [-0.2, 0) is 32.0 Å². The number of rotatable bonds is 19. The quantitative estimate of drug-likeness (QED) is 0.0369. The van der Waals surface area contributed by atoms with Gasteiger partial charge in [-0.05, 0) is 82.0 Å². The predicted molar refractivity (Wildman–Crippen MR) is 261 cm³/mol. The van der Waals surface area contributed by atoms with E-state index < -0.39 is 91.1 Å². The molecular weight excluding hydrogens is 1030 g/mol. The molecule has 3 saturated heterocycles. The number of methoxy groups -OCH3 is 1. The first-order valence-electron chi connectivity index (χ1n) is 24.3. The van der Waals surface area contributed by atoms with Gasteiger partial charge in [0.05, 0.1) is 55.0 Å². The summed E-state index contributed by atoms with van der Waals surface area (Å²) in [5, 5.41) is 32.2. The lowest BCUT2D eigenvalue weighted by Crippen LogP contribution is -2.63. The first kappa shape index (κ1) is 57.6. The maximum atomic E-state index is 14.5. The van der Waals surface area contributed by atoms with Gasteiger partial charge in [0, 0.05) is 67.3 Å². The van der Waals surface area contributed by atoms with E-state index in [9.17, 15) is 64.5 Å². The first-order chi connectivity index (χ1) is 36.1. The number of hydrogen-bond donors (Lipinski definition) is 6. The van der Waals surface area contributed by atoms with Gasteiger partial charge in [-0.15, -0.1) is 0 Å². The topological polar surface area (TPSA) is 216 Å². The highest BCUT2D eigenvalue weighted by molar-refractivity contribution is 5.87. The Kier molecular flexibility index (Phi) is 17.4. The molecular formula is C51H58F8N10O8. The lowest BCUT2D eigenvalue weighted by atomic mass is 9.82. The molecule has 3 aliphatic heterocycles. The summed E-state index contributed by atoms with van der Waals surface area (Å²) in [6, 6.07) is 12.0. The summed E-state index contributed by atoms with van der Waals surface area (Å²) in [4.78, 5) is 61.5. The average molecular weight is 1090 g/mol. The summed E-state index contributed by atoms with van der Waals surface area (Å²) in [6.07, 6.45) is -12.1. The van der Waals surface area contributed by atoms with Crippen LogP contribution in [-0.4, -0.2) is 154 Å². The number of aliphatic hydroxyl groups excluding tert-OH is 1. The number of aromatic nitrogens is 3. The molecule has 0 spiro atoms. The summed E-state index contributed by atoms with van der Waals surface area (Å²) in [7, 11) is 0.861. The molecule has 0 aliphatic carbocycles. The van der Waals surface area contributed by atoms with Crippen molar-refractivity contribution >= 4 is 29.8 Å². The maximum absolute atomic E-state index is 14.5. The van der Waals surface area contributed by atoms with Gasteiger partial charge in [0.25, 0.3) is 5.91 Å². The van der Waals surface area contributed by atoms with Crippen molar-refractivity contribution in [1.29, 1.82) is 0 Å². The number of hydrazine groups is 1. The largest absolute Gasteiger partial charge is 0.465 e. The number of piperazine rings is 1. The molecule has 0 unspecified atom stereocenters.